The number of aromatic carboxylic acids is 1. The number of hydrogen-bond acceptors (Lipinski definition) is 3. The van der Waals surface area contributed by atoms with Gasteiger partial charge in [0.25, 0.3) is 0 Å². The van der Waals surface area contributed by atoms with Gasteiger partial charge in [0.1, 0.15) is 6.61 Å². The first kappa shape index (κ1) is 21.2. The van der Waals surface area contributed by atoms with Crippen molar-refractivity contribution in [1.29, 1.82) is 0 Å². The van der Waals surface area contributed by atoms with E-state index in [1.165, 1.54) is 22.3 Å². The van der Waals surface area contributed by atoms with E-state index in [9.17, 15) is 9.59 Å². The summed E-state index contributed by atoms with van der Waals surface area (Å²) >= 11 is 0. The fourth-order valence-electron chi connectivity index (χ4n) is 4.02. The molecular formula is C27H23NO4. The van der Waals surface area contributed by atoms with Crippen molar-refractivity contribution in [1.82, 2.24) is 5.32 Å². The summed E-state index contributed by atoms with van der Waals surface area (Å²) in [6, 6.07) is 21.4. The number of carbonyl (C=O) groups excluding carboxylic acids is 1. The maximum Gasteiger partial charge on any atom is 0.407 e. The Balaban J connectivity index is 1.28. The number of ether oxygens (including phenoxy) is 1. The molecule has 4 rings (SSSR count). The Morgan fingerprint density at radius 3 is 2.28 bits per heavy atom. The van der Waals surface area contributed by atoms with Gasteiger partial charge < -0.3 is 15.2 Å². The van der Waals surface area contributed by atoms with Gasteiger partial charge in [-0.2, -0.15) is 0 Å². The van der Waals surface area contributed by atoms with Crippen molar-refractivity contribution < 1.29 is 19.4 Å². The first-order chi connectivity index (χ1) is 15.5. The van der Waals surface area contributed by atoms with Crippen LogP contribution in [0.3, 0.4) is 0 Å². The lowest BCUT2D eigenvalue weighted by molar-refractivity contribution is 0.0696. The highest BCUT2D eigenvalue weighted by molar-refractivity contribution is 5.89. The summed E-state index contributed by atoms with van der Waals surface area (Å²) in [5, 5.41) is 11.8. The van der Waals surface area contributed by atoms with Gasteiger partial charge in [-0.15, -0.1) is 0 Å². The smallest absolute Gasteiger partial charge is 0.407 e. The average Bonchev–Trinajstić information content (AvgIpc) is 3.11. The quantitative estimate of drug-likeness (QED) is 0.447. The third kappa shape index (κ3) is 4.50. The van der Waals surface area contributed by atoms with E-state index in [1.807, 2.05) is 24.3 Å². The van der Waals surface area contributed by atoms with Crippen LogP contribution in [0.25, 0.3) is 11.1 Å². The van der Waals surface area contributed by atoms with E-state index in [0.717, 1.165) is 5.56 Å². The Bertz CT molecular complexity index is 1190. The zero-order valence-corrected chi connectivity index (χ0v) is 17.7. The van der Waals surface area contributed by atoms with E-state index < -0.39 is 12.1 Å². The topological polar surface area (TPSA) is 75.6 Å². The minimum Gasteiger partial charge on any atom is -0.478 e. The highest BCUT2D eigenvalue weighted by Crippen LogP contribution is 2.44. The Morgan fingerprint density at radius 1 is 1.00 bits per heavy atom. The minimum atomic E-state index is -0.950. The highest BCUT2D eigenvalue weighted by Gasteiger charge is 2.28. The predicted molar refractivity (Wildman–Crippen MR) is 123 cm³/mol. The molecule has 5 nitrogen and oxygen atoms in total. The molecule has 1 amide bonds. The molecule has 160 valence electrons. The number of benzene rings is 3. The maximum absolute atomic E-state index is 12.2. The fraction of sp³-hybridized carbons (Fsp3) is 0.185. The SMILES string of the molecule is Cc1cc(C#CCCNC(=O)OCC2c3ccccc3-c3ccccc32)ccc1C(=O)O. The van der Waals surface area contributed by atoms with Crippen LogP contribution in [0.5, 0.6) is 0 Å². The summed E-state index contributed by atoms with van der Waals surface area (Å²) in [6.07, 6.45) is -0.000442. The molecule has 0 fully saturated rings. The summed E-state index contributed by atoms with van der Waals surface area (Å²) in [6.45, 7) is 2.39. The summed E-state index contributed by atoms with van der Waals surface area (Å²) in [4.78, 5) is 23.2. The van der Waals surface area contributed by atoms with Gasteiger partial charge in [0.15, 0.2) is 0 Å². The van der Waals surface area contributed by atoms with Crippen molar-refractivity contribution in [3.63, 3.8) is 0 Å². The molecule has 0 bridgehead atoms. The van der Waals surface area contributed by atoms with Crippen LogP contribution in [0.1, 0.15) is 45.0 Å². The van der Waals surface area contributed by atoms with Crippen molar-refractivity contribution >= 4 is 12.1 Å². The van der Waals surface area contributed by atoms with Crippen molar-refractivity contribution in [2.75, 3.05) is 13.2 Å². The van der Waals surface area contributed by atoms with Crippen LogP contribution in [0.15, 0.2) is 66.7 Å². The largest absolute Gasteiger partial charge is 0.478 e. The monoisotopic (exact) mass is 425 g/mol. The number of carbonyl (C=O) groups is 2. The Kier molecular flexibility index (Phi) is 6.23. The molecule has 3 aromatic rings. The number of rotatable bonds is 5. The van der Waals surface area contributed by atoms with Crippen LogP contribution < -0.4 is 5.32 Å². The van der Waals surface area contributed by atoms with Crippen molar-refractivity contribution in [3.8, 4) is 23.0 Å². The molecule has 5 heteroatoms. The van der Waals surface area contributed by atoms with Gasteiger partial charge in [-0.25, -0.2) is 9.59 Å². The third-order valence-electron chi connectivity index (χ3n) is 5.55. The molecule has 32 heavy (non-hydrogen) atoms. The van der Waals surface area contributed by atoms with Crippen LogP contribution in [-0.2, 0) is 4.74 Å². The number of hydrogen-bond donors (Lipinski definition) is 2. The second-order valence-corrected chi connectivity index (χ2v) is 7.64. The summed E-state index contributed by atoms with van der Waals surface area (Å²) < 4.78 is 5.50. The molecule has 1 aliphatic carbocycles. The molecule has 0 aromatic heterocycles. The van der Waals surface area contributed by atoms with Gasteiger partial charge >= 0.3 is 12.1 Å². The van der Waals surface area contributed by atoms with Crippen LogP contribution in [0.2, 0.25) is 0 Å². The van der Waals surface area contributed by atoms with Gasteiger partial charge in [0.2, 0.25) is 0 Å². The highest BCUT2D eigenvalue weighted by atomic mass is 16.5. The zero-order valence-electron chi connectivity index (χ0n) is 17.7. The molecule has 0 aliphatic heterocycles. The van der Waals surface area contributed by atoms with Crippen molar-refractivity contribution in [2.45, 2.75) is 19.3 Å². The summed E-state index contributed by atoms with van der Waals surface area (Å²) in [5.74, 6) is 5.06. The Labute approximate surface area is 187 Å². The maximum atomic E-state index is 12.2. The standard InChI is InChI=1S/C27H23NO4/c1-18-16-19(13-14-20(18)26(29)30)8-6-7-15-28-27(31)32-17-25-23-11-4-2-9-21(23)22-10-3-5-12-24(22)25/h2-5,9-14,16,25H,7,15,17H2,1H3,(H,28,31)(H,29,30). The number of nitrogens with one attached hydrogen (secondary N) is 1. The average molecular weight is 425 g/mol. The molecule has 0 saturated carbocycles. The lowest BCUT2D eigenvalue weighted by Crippen LogP contribution is -2.26. The van der Waals surface area contributed by atoms with Crippen LogP contribution in [-0.4, -0.2) is 30.3 Å². The first-order valence-electron chi connectivity index (χ1n) is 10.5. The van der Waals surface area contributed by atoms with E-state index in [1.54, 1.807) is 25.1 Å². The van der Waals surface area contributed by atoms with Crippen LogP contribution in [0.4, 0.5) is 4.79 Å². The normalized spacial score (nSPS) is 11.7. The third-order valence-corrected chi connectivity index (χ3v) is 5.55. The number of alkyl carbamates (subject to hydrolysis) is 1. The van der Waals surface area contributed by atoms with Crippen molar-refractivity contribution in [2.24, 2.45) is 0 Å². The summed E-state index contributed by atoms with van der Waals surface area (Å²) in [7, 11) is 0. The van der Waals surface area contributed by atoms with Gasteiger partial charge in [0, 0.05) is 24.4 Å². The lowest BCUT2D eigenvalue weighted by Gasteiger charge is -2.14. The van der Waals surface area contributed by atoms with Crippen molar-refractivity contribution in [3.05, 3.63) is 94.5 Å². The zero-order chi connectivity index (χ0) is 22.5. The molecule has 0 saturated heterocycles. The first-order valence-corrected chi connectivity index (χ1v) is 10.5. The molecular weight excluding hydrogens is 402 g/mol. The van der Waals surface area contributed by atoms with Crippen LogP contribution >= 0.6 is 0 Å². The minimum absolute atomic E-state index is 0.0324. The molecule has 0 heterocycles. The predicted octanol–water partition coefficient (Wildman–Crippen LogP) is 4.97. The second kappa shape index (κ2) is 9.40. The fourth-order valence-corrected chi connectivity index (χ4v) is 4.02. The molecule has 0 atom stereocenters. The van der Waals surface area contributed by atoms with Crippen LogP contribution in [0, 0.1) is 18.8 Å². The van der Waals surface area contributed by atoms with Gasteiger partial charge in [-0.3, -0.25) is 0 Å². The van der Waals surface area contributed by atoms with E-state index in [2.05, 4.69) is 41.4 Å². The summed E-state index contributed by atoms with van der Waals surface area (Å²) in [5.41, 5.74) is 6.42. The van der Waals surface area contributed by atoms with E-state index in [4.69, 9.17) is 9.84 Å². The molecule has 2 N–H and O–H groups in total. The lowest BCUT2D eigenvalue weighted by atomic mass is 9.98. The number of fused-ring (bicyclic) bond motifs is 3. The van der Waals surface area contributed by atoms with E-state index in [-0.39, 0.29) is 18.1 Å². The molecule has 0 unspecified atom stereocenters. The van der Waals surface area contributed by atoms with Gasteiger partial charge in [-0.05, 0) is 52.9 Å². The van der Waals surface area contributed by atoms with E-state index >= 15 is 0 Å². The van der Waals surface area contributed by atoms with Gasteiger partial charge in [0.05, 0.1) is 5.56 Å². The number of aryl methyl sites for hydroxylation is 1. The Hall–Kier alpha value is -4.04. The second-order valence-electron chi connectivity index (χ2n) is 7.64. The molecule has 3 aromatic carbocycles. The van der Waals surface area contributed by atoms with Gasteiger partial charge in [-0.1, -0.05) is 60.4 Å². The Morgan fingerprint density at radius 2 is 1.66 bits per heavy atom. The molecule has 1 aliphatic rings. The molecule has 0 radical (unpaired) electrons. The number of carboxylic acids is 1. The van der Waals surface area contributed by atoms with E-state index in [0.29, 0.717) is 18.5 Å². The molecule has 0 spiro atoms. The number of carboxylic acid groups (broad SMARTS) is 1. The number of amides is 1.